The predicted molar refractivity (Wildman–Crippen MR) is 94.7 cm³/mol. The number of nitrogens with zero attached hydrogens (tertiary/aromatic N) is 1. The summed E-state index contributed by atoms with van der Waals surface area (Å²) >= 11 is 12.0. The summed E-state index contributed by atoms with van der Waals surface area (Å²) in [6, 6.07) is 4.78. The van der Waals surface area contributed by atoms with E-state index in [2.05, 4.69) is 5.32 Å². The Morgan fingerprint density at radius 3 is 2.39 bits per heavy atom. The average Bonchev–Trinajstić information content (AvgIpc) is 2.51. The molecule has 0 aromatic heterocycles. The van der Waals surface area contributed by atoms with E-state index in [1.165, 1.54) is 0 Å². The lowest BCUT2D eigenvalue weighted by Crippen LogP contribution is -2.48. The molecular formula is C17H24Cl2N2O2. The van der Waals surface area contributed by atoms with Crippen molar-refractivity contribution in [3.8, 4) is 0 Å². The first-order chi connectivity index (χ1) is 10.9. The van der Waals surface area contributed by atoms with Gasteiger partial charge in [0.2, 0.25) is 11.8 Å². The van der Waals surface area contributed by atoms with Gasteiger partial charge in [-0.3, -0.25) is 9.59 Å². The summed E-state index contributed by atoms with van der Waals surface area (Å²) in [5.74, 6) is -0.156. The van der Waals surface area contributed by atoms with Crippen LogP contribution in [0, 0.1) is 0 Å². The summed E-state index contributed by atoms with van der Waals surface area (Å²) in [5.41, 5.74) is 0.853. The minimum atomic E-state index is -0.483. The first-order valence-corrected chi connectivity index (χ1v) is 8.71. The van der Waals surface area contributed by atoms with Gasteiger partial charge in [-0.2, -0.15) is 0 Å². The molecule has 1 aromatic rings. The Morgan fingerprint density at radius 1 is 1.17 bits per heavy atom. The number of likely N-dealkylation sites (N-methyl/N-ethyl adjacent to an activating group) is 1. The molecule has 2 amide bonds. The fourth-order valence-corrected chi connectivity index (χ4v) is 2.72. The summed E-state index contributed by atoms with van der Waals surface area (Å²) in [5, 5.41) is 3.71. The molecule has 0 saturated heterocycles. The smallest absolute Gasteiger partial charge is 0.242 e. The van der Waals surface area contributed by atoms with Crippen LogP contribution in [0.15, 0.2) is 18.2 Å². The van der Waals surface area contributed by atoms with Crippen molar-refractivity contribution in [2.75, 3.05) is 6.54 Å². The number of benzene rings is 1. The van der Waals surface area contributed by atoms with Crippen LogP contribution in [0.1, 0.15) is 45.6 Å². The van der Waals surface area contributed by atoms with E-state index in [0.717, 1.165) is 12.0 Å². The van der Waals surface area contributed by atoms with Gasteiger partial charge in [0.05, 0.1) is 10.0 Å². The quantitative estimate of drug-likeness (QED) is 0.762. The van der Waals surface area contributed by atoms with Crippen molar-refractivity contribution in [1.29, 1.82) is 0 Å². The van der Waals surface area contributed by atoms with E-state index in [9.17, 15) is 9.59 Å². The first-order valence-electron chi connectivity index (χ1n) is 7.95. The Bertz CT molecular complexity index is 549. The van der Waals surface area contributed by atoms with Gasteiger partial charge >= 0.3 is 0 Å². The zero-order valence-corrected chi connectivity index (χ0v) is 15.4. The maximum absolute atomic E-state index is 12.5. The molecule has 0 bridgehead atoms. The summed E-state index contributed by atoms with van der Waals surface area (Å²) < 4.78 is 0. The molecule has 1 N–H and O–H groups in total. The third-order valence-electron chi connectivity index (χ3n) is 3.54. The highest BCUT2D eigenvalue weighted by Gasteiger charge is 2.27. The second-order valence-corrected chi connectivity index (χ2v) is 6.15. The van der Waals surface area contributed by atoms with E-state index in [0.29, 0.717) is 36.0 Å². The first kappa shape index (κ1) is 19.8. The maximum Gasteiger partial charge on any atom is 0.242 e. The molecule has 1 unspecified atom stereocenters. The largest absolute Gasteiger partial charge is 0.355 e. The monoisotopic (exact) mass is 358 g/mol. The second-order valence-electron chi connectivity index (χ2n) is 5.34. The van der Waals surface area contributed by atoms with Gasteiger partial charge in [0.15, 0.2) is 0 Å². The van der Waals surface area contributed by atoms with Gasteiger partial charge in [-0.05, 0) is 37.5 Å². The van der Waals surface area contributed by atoms with E-state index < -0.39 is 6.04 Å². The number of carbonyl (C=O) groups is 2. The number of carbonyl (C=O) groups excluding carboxylic acids is 2. The third kappa shape index (κ3) is 5.70. The molecular weight excluding hydrogens is 335 g/mol. The molecule has 1 aromatic carbocycles. The maximum atomic E-state index is 12.5. The summed E-state index contributed by atoms with van der Waals surface area (Å²) in [6.07, 6.45) is 1.71. The van der Waals surface area contributed by atoms with Crippen LogP contribution in [0.2, 0.25) is 10.0 Å². The molecule has 4 nitrogen and oxygen atoms in total. The van der Waals surface area contributed by atoms with Crippen LogP contribution in [-0.2, 0) is 16.1 Å². The highest BCUT2D eigenvalue weighted by Crippen LogP contribution is 2.24. The number of hydrogen-bond acceptors (Lipinski definition) is 2. The van der Waals surface area contributed by atoms with Gasteiger partial charge < -0.3 is 10.2 Å². The van der Waals surface area contributed by atoms with Crippen molar-refractivity contribution >= 4 is 35.0 Å². The second kappa shape index (κ2) is 9.78. The predicted octanol–water partition coefficient (Wildman–Crippen LogP) is 4.04. The molecule has 23 heavy (non-hydrogen) atoms. The van der Waals surface area contributed by atoms with Gasteiger partial charge in [0.1, 0.15) is 6.04 Å². The molecule has 0 aliphatic heterocycles. The fraction of sp³-hybridized carbons (Fsp3) is 0.529. The molecule has 0 spiro atoms. The van der Waals surface area contributed by atoms with Crippen LogP contribution in [-0.4, -0.2) is 29.3 Å². The minimum Gasteiger partial charge on any atom is -0.355 e. The van der Waals surface area contributed by atoms with E-state index >= 15 is 0 Å². The lowest BCUT2D eigenvalue weighted by atomic mass is 10.1. The summed E-state index contributed by atoms with van der Waals surface area (Å²) in [4.78, 5) is 26.4. The molecule has 0 saturated carbocycles. The number of rotatable bonds is 8. The lowest BCUT2D eigenvalue weighted by Gasteiger charge is -2.30. The molecule has 128 valence electrons. The van der Waals surface area contributed by atoms with Crippen LogP contribution in [0.4, 0.5) is 0 Å². The van der Waals surface area contributed by atoms with Crippen molar-refractivity contribution in [2.45, 2.75) is 52.6 Å². The number of hydrogen-bond donors (Lipinski definition) is 1. The van der Waals surface area contributed by atoms with Gasteiger partial charge in [-0.1, -0.05) is 43.1 Å². The van der Waals surface area contributed by atoms with Crippen molar-refractivity contribution in [1.82, 2.24) is 10.2 Å². The van der Waals surface area contributed by atoms with Crippen LogP contribution in [0.5, 0.6) is 0 Å². The van der Waals surface area contributed by atoms with Gasteiger partial charge in [0.25, 0.3) is 0 Å². The molecule has 1 rings (SSSR count). The standard InChI is InChI=1S/C17H24Cl2N2O2/c1-4-7-16(22)21(15(5-2)17(23)20-6-3)11-12-8-9-13(18)14(19)10-12/h8-10,15H,4-7,11H2,1-3H3,(H,20,23). The van der Waals surface area contributed by atoms with E-state index in [1.807, 2.05) is 26.8 Å². The fourth-order valence-electron chi connectivity index (χ4n) is 2.40. The normalized spacial score (nSPS) is 11.9. The summed E-state index contributed by atoms with van der Waals surface area (Å²) in [7, 11) is 0. The van der Waals surface area contributed by atoms with Crippen LogP contribution in [0.3, 0.4) is 0 Å². The Hall–Kier alpha value is -1.26. The molecule has 0 heterocycles. The Labute approximate surface area is 148 Å². The number of halogens is 2. The number of amides is 2. The average molecular weight is 359 g/mol. The molecule has 0 aliphatic rings. The van der Waals surface area contributed by atoms with Crippen molar-refractivity contribution < 1.29 is 9.59 Å². The van der Waals surface area contributed by atoms with Gasteiger partial charge in [-0.15, -0.1) is 0 Å². The van der Waals surface area contributed by atoms with Crippen molar-refractivity contribution in [2.24, 2.45) is 0 Å². The van der Waals surface area contributed by atoms with Crippen molar-refractivity contribution in [3.63, 3.8) is 0 Å². The molecule has 0 radical (unpaired) electrons. The lowest BCUT2D eigenvalue weighted by molar-refractivity contribution is -0.141. The van der Waals surface area contributed by atoms with Crippen LogP contribution < -0.4 is 5.32 Å². The SMILES string of the molecule is CCCC(=O)N(Cc1ccc(Cl)c(Cl)c1)C(CC)C(=O)NCC. The van der Waals surface area contributed by atoms with Crippen molar-refractivity contribution in [3.05, 3.63) is 33.8 Å². The van der Waals surface area contributed by atoms with Gasteiger partial charge in [-0.25, -0.2) is 0 Å². The molecule has 1 atom stereocenters. The molecule has 0 aliphatic carbocycles. The minimum absolute atomic E-state index is 0.0309. The molecule has 0 fully saturated rings. The number of nitrogens with one attached hydrogen (secondary N) is 1. The van der Waals surface area contributed by atoms with Crippen LogP contribution in [0.25, 0.3) is 0 Å². The Kier molecular flexibility index (Phi) is 8.42. The van der Waals surface area contributed by atoms with Crippen LogP contribution >= 0.6 is 23.2 Å². The zero-order valence-electron chi connectivity index (χ0n) is 13.9. The third-order valence-corrected chi connectivity index (χ3v) is 4.28. The topological polar surface area (TPSA) is 49.4 Å². The van der Waals surface area contributed by atoms with E-state index in [1.54, 1.807) is 17.0 Å². The highest BCUT2D eigenvalue weighted by atomic mass is 35.5. The molecule has 6 heteroatoms. The summed E-state index contributed by atoms with van der Waals surface area (Å²) in [6.45, 7) is 6.59. The van der Waals surface area contributed by atoms with Gasteiger partial charge in [0, 0.05) is 19.5 Å². The Balaban J connectivity index is 3.05. The van der Waals surface area contributed by atoms with E-state index in [-0.39, 0.29) is 11.8 Å². The Morgan fingerprint density at radius 2 is 1.87 bits per heavy atom. The zero-order chi connectivity index (χ0) is 17.4. The van der Waals surface area contributed by atoms with E-state index in [4.69, 9.17) is 23.2 Å². The highest BCUT2D eigenvalue weighted by molar-refractivity contribution is 6.42.